The van der Waals surface area contributed by atoms with E-state index in [4.69, 9.17) is 11.6 Å². The molecule has 128 valence electrons. The Kier molecular flexibility index (Phi) is 5.25. The quantitative estimate of drug-likeness (QED) is 0.657. The third-order valence-electron chi connectivity index (χ3n) is 4.46. The van der Waals surface area contributed by atoms with E-state index in [-0.39, 0.29) is 11.9 Å². The highest BCUT2D eigenvalue weighted by Crippen LogP contribution is 2.27. The van der Waals surface area contributed by atoms with Crippen molar-refractivity contribution in [3.63, 3.8) is 0 Å². The fraction of sp³-hybridized carbons (Fsp3) is 0.190. The highest BCUT2D eigenvalue weighted by atomic mass is 35.5. The summed E-state index contributed by atoms with van der Waals surface area (Å²) in [6.45, 7) is 3.98. The lowest BCUT2D eigenvalue weighted by molar-refractivity contribution is -0.116. The third kappa shape index (κ3) is 3.94. The molecule has 0 aliphatic heterocycles. The van der Waals surface area contributed by atoms with E-state index in [9.17, 15) is 4.79 Å². The first-order valence-corrected chi connectivity index (χ1v) is 8.67. The van der Waals surface area contributed by atoms with Gasteiger partial charge in [0.05, 0.1) is 12.5 Å². The standard InChI is InChI=1S/C21H21ClN2O/c1-15-8-3-4-9-17(15)20(24-12-5-6-13-24)14-21(25)23-19-11-7-10-18(22)16(19)2/h3-13,20H,14H2,1-2H3,(H,23,25). The van der Waals surface area contributed by atoms with Crippen LogP contribution in [-0.2, 0) is 4.79 Å². The number of hydrogen-bond donors (Lipinski definition) is 1. The smallest absolute Gasteiger partial charge is 0.226 e. The molecule has 25 heavy (non-hydrogen) atoms. The molecular weight excluding hydrogens is 332 g/mol. The van der Waals surface area contributed by atoms with E-state index in [0.717, 1.165) is 16.8 Å². The Morgan fingerprint density at radius 3 is 2.48 bits per heavy atom. The van der Waals surface area contributed by atoms with Crippen LogP contribution in [0.2, 0.25) is 5.02 Å². The molecule has 1 N–H and O–H groups in total. The van der Waals surface area contributed by atoms with Gasteiger partial charge in [0.25, 0.3) is 0 Å². The molecule has 0 fully saturated rings. The molecule has 4 heteroatoms. The molecule has 1 amide bonds. The molecule has 0 saturated heterocycles. The molecule has 0 bridgehead atoms. The lowest BCUT2D eigenvalue weighted by atomic mass is 9.98. The van der Waals surface area contributed by atoms with Crippen molar-refractivity contribution >= 4 is 23.2 Å². The first-order chi connectivity index (χ1) is 12.1. The minimum atomic E-state index is -0.0457. The van der Waals surface area contributed by atoms with Crippen LogP contribution in [0.15, 0.2) is 67.0 Å². The molecule has 3 nitrogen and oxygen atoms in total. The number of rotatable bonds is 5. The number of carbonyl (C=O) groups is 1. The summed E-state index contributed by atoms with van der Waals surface area (Å²) in [6, 6.07) is 17.6. The van der Waals surface area contributed by atoms with Crippen molar-refractivity contribution in [3.8, 4) is 0 Å². The second-order valence-corrected chi connectivity index (χ2v) is 6.57. The number of amides is 1. The summed E-state index contributed by atoms with van der Waals surface area (Å²) in [5.41, 5.74) is 3.96. The Balaban J connectivity index is 1.85. The van der Waals surface area contributed by atoms with Crippen molar-refractivity contribution in [1.82, 2.24) is 4.57 Å². The monoisotopic (exact) mass is 352 g/mol. The molecule has 0 radical (unpaired) electrons. The third-order valence-corrected chi connectivity index (χ3v) is 4.86. The number of aromatic nitrogens is 1. The fourth-order valence-electron chi connectivity index (χ4n) is 3.01. The summed E-state index contributed by atoms with van der Waals surface area (Å²) in [5.74, 6) is -0.0349. The summed E-state index contributed by atoms with van der Waals surface area (Å²) in [7, 11) is 0. The van der Waals surface area contributed by atoms with Crippen molar-refractivity contribution in [2.75, 3.05) is 5.32 Å². The van der Waals surface area contributed by atoms with Crippen LogP contribution in [0.3, 0.4) is 0 Å². The van der Waals surface area contributed by atoms with Crippen LogP contribution >= 0.6 is 11.6 Å². The minimum Gasteiger partial charge on any atom is -0.346 e. The molecule has 1 unspecified atom stereocenters. The van der Waals surface area contributed by atoms with Gasteiger partial charge in [-0.05, 0) is 54.8 Å². The molecular formula is C21H21ClN2O. The van der Waals surface area contributed by atoms with E-state index in [1.807, 2.05) is 61.8 Å². The summed E-state index contributed by atoms with van der Waals surface area (Å²) < 4.78 is 2.08. The Hall–Kier alpha value is -2.52. The van der Waals surface area contributed by atoms with Crippen LogP contribution < -0.4 is 5.32 Å². The van der Waals surface area contributed by atoms with Gasteiger partial charge in [0.2, 0.25) is 5.91 Å². The van der Waals surface area contributed by atoms with E-state index in [0.29, 0.717) is 11.4 Å². The topological polar surface area (TPSA) is 34.0 Å². The number of nitrogens with zero attached hydrogens (tertiary/aromatic N) is 1. The summed E-state index contributed by atoms with van der Waals surface area (Å²) in [5, 5.41) is 3.65. The average molecular weight is 353 g/mol. The van der Waals surface area contributed by atoms with Crippen molar-refractivity contribution in [2.45, 2.75) is 26.3 Å². The normalized spacial score (nSPS) is 12.0. The van der Waals surface area contributed by atoms with Gasteiger partial charge in [-0.25, -0.2) is 0 Å². The number of hydrogen-bond acceptors (Lipinski definition) is 1. The molecule has 1 atom stereocenters. The van der Waals surface area contributed by atoms with E-state index in [1.165, 1.54) is 5.56 Å². The van der Waals surface area contributed by atoms with Gasteiger partial charge in [-0.3, -0.25) is 4.79 Å². The zero-order chi connectivity index (χ0) is 17.8. The van der Waals surface area contributed by atoms with Crippen LogP contribution in [-0.4, -0.2) is 10.5 Å². The zero-order valence-electron chi connectivity index (χ0n) is 14.4. The van der Waals surface area contributed by atoms with Gasteiger partial charge in [0, 0.05) is 23.1 Å². The maximum Gasteiger partial charge on any atom is 0.226 e. The van der Waals surface area contributed by atoms with Crippen molar-refractivity contribution < 1.29 is 4.79 Å². The molecule has 1 heterocycles. The van der Waals surface area contributed by atoms with Crippen molar-refractivity contribution in [1.29, 1.82) is 0 Å². The van der Waals surface area contributed by atoms with Crippen LogP contribution in [0.1, 0.15) is 29.2 Å². The number of halogens is 1. The van der Waals surface area contributed by atoms with Crippen LogP contribution in [0.4, 0.5) is 5.69 Å². The number of carbonyl (C=O) groups excluding carboxylic acids is 1. The highest BCUT2D eigenvalue weighted by molar-refractivity contribution is 6.31. The second kappa shape index (κ2) is 7.58. The summed E-state index contributed by atoms with van der Waals surface area (Å²) in [6.07, 6.45) is 4.34. The largest absolute Gasteiger partial charge is 0.346 e. The van der Waals surface area contributed by atoms with E-state index >= 15 is 0 Å². The average Bonchev–Trinajstić information content (AvgIpc) is 3.12. The van der Waals surface area contributed by atoms with Crippen LogP contribution in [0.5, 0.6) is 0 Å². The van der Waals surface area contributed by atoms with Gasteiger partial charge in [-0.2, -0.15) is 0 Å². The fourth-order valence-corrected chi connectivity index (χ4v) is 3.19. The Morgan fingerprint density at radius 2 is 1.76 bits per heavy atom. The molecule has 3 rings (SSSR count). The van der Waals surface area contributed by atoms with Gasteiger partial charge < -0.3 is 9.88 Å². The maximum absolute atomic E-state index is 12.7. The van der Waals surface area contributed by atoms with Crippen LogP contribution in [0, 0.1) is 13.8 Å². The summed E-state index contributed by atoms with van der Waals surface area (Å²) in [4.78, 5) is 12.7. The van der Waals surface area contributed by atoms with Gasteiger partial charge in [-0.1, -0.05) is 41.9 Å². The lowest BCUT2D eigenvalue weighted by Crippen LogP contribution is -2.20. The lowest BCUT2D eigenvalue weighted by Gasteiger charge is -2.21. The number of anilines is 1. The second-order valence-electron chi connectivity index (χ2n) is 6.17. The SMILES string of the molecule is Cc1ccccc1C(CC(=O)Nc1cccc(Cl)c1C)n1cccc1. The molecule has 0 saturated carbocycles. The van der Waals surface area contributed by atoms with E-state index in [2.05, 4.69) is 28.9 Å². The highest BCUT2D eigenvalue weighted by Gasteiger charge is 2.19. The van der Waals surface area contributed by atoms with Crippen molar-refractivity contribution in [2.24, 2.45) is 0 Å². The predicted molar refractivity (Wildman–Crippen MR) is 103 cm³/mol. The maximum atomic E-state index is 12.7. The molecule has 0 spiro atoms. The van der Waals surface area contributed by atoms with Gasteiger partial charge in [0.1, 0.15) is 0 Å². The molecule has 2 aromatic carbocycles. The first-order valence-electron chi connectivity index (χ1n) is 8.29. The Labute approximate surface area is 153 Å². The molecule has 3 aromatic rings. The number of nitrogens with one attached hydrogen (secondary N) is 1. The number of benzene rings is 2. The minimum absolute atomic E-state index is 0.0349. The van der Waals surface area contributed by atoms with Gasteiger partial charge in [-0.15, -0.1) is 0 Å². The van der Waals surface area contributed by atoms with E-state index < -0.39 is 0 Å². The summed E-state index contributed by atoms with van der Waals surface area (Å²) >= 11 is 6.15. The Bertz CT molecular complexity index is 871. The molecule has 1 aromatic heterocycles. The number of aryl methyl sites for hydroxylation is 1. The van der Waals surface area contributed by atoms with E-state index in [1.54, 1.807) is 0 Å². The van der Waals surface area contributed by atoms with Gasteiger partial charge in [0.15, 0.2) is 0 Å². The molecule has 0 aliphatic carbocycles. The van der Waals surface area contributed by atoms with Crippen molar-refractivity contribution in [3.05, 3.63) is 88.7 Å². The zero-order valence-corrected chi connectivity index (χ0v) is 15.1. The first kappa shape index (κ1) is 17.3. The Morgan fingerprint density at radius 1 is 1.04 bits per heavy atom. The van der Waals surface area contributed by atoms with Gasteiger partial charge >= 0.3 is 0 Å². The molecule has 0 aliphatic rings. The van der Waals surface area contributed by atoms with Crippen LogP contribution in [0.25, 0.3) is 0 Å². The predicted octanol–water partition coefficient (Wildman–Crippen LogP) is 5.38.